The lowest BCUT2D eigenvalue weighted by molar-refractivity contribution is -0.123. The molecule has 0 radical (unpaired) electrons. The van der Waals surface area contributed by atoms with Gasteiger partial charge >= 0.3 is 0 Å². The zero-order valence-corrected chi connectivity index (χ0v) is 14.1. The van der Waals surface area contributed by atoms with Crippen LogP contribution in [0, 0.1) is 18.3 Å². The second-order valence-corrected chi connectivity index (χ2v) is 5.71. The zero-order valence-electron chi connectivity index (χ0n) is 14.1. The Hall–Kier alpha value is -2.80. The van der Waals surface area contributed by atoms with E-state index in [2.05, 4.69) is 11.4 Å². The number of hydrogen-bond acceptors (Lipinski definition) is 3. The van der Waals surface area contributed by atoms with Crippen molar-refractivity contribution >= 4 is 5.91 Å². The fraction of sp³-hybridized carbons (Fsp3) is 0.300. The van der Waals surface area contributed by atoms with Crippen molar-refractivity contribution in [2.75, 3.05) is 6.61 Å². The first kappa shape index (κ1) is 17.6. The summed E-state index contributed by atoms with van der Waals surface area (Å²) in [6.07, 6.45) is 1.19. The van der Waals surface area contributed by atoms with Crippen LogP contribution in [0.5, 0.6) is 5.75 Å². The Morgan fingerprint density at radius 2 is 1.83 bits per heavy atom. The third-order valence-electron chi connectivity index (χ3n) is 3.80. The van der Waals surface area contributed by atoms with E-state index in [1.165, 1.54) is 5.56 Å². The molecule has 24 heavy (non-hydrogen) atoms. The van der Waals surface area contributed by atoms with Crippen LogP contribution in [0.3, 0.4) is 0 Å². The molecule has 1 atom stereocenters. The molecule has 0 saturated heterocycles. The Morgan fingerprint density at radius 3 is 2.42 bits per heavy atom. The number of hydrogen-bond donors (Lipinski definition) is 1. The number of amides is 1. The summed E-state index contributed by atoms with van der Waals surface area (Å²) >= 11 is 0. The first-order chi connectivity index (χ1) is 11.6. The summed E-state index contributed by atoms with van der Waals surface area (Å²) in [6.45, 7) is 4.05. The van der Waals surface area contributed by atoms with E-state index in [1.54, 1.807) is 12.1 Å². The van der Waals surface area contributed by atoms with E-state index < -0.39 is 0 Å². The van der Waals surface area contributed by atoms with Crippen LogP contribution in [0.25, 0.3) is 0 Å². The summed E-state index contributed by atoms with van der Waals surface area (Å²) in [5.74, 6) is 0.471. The largest absolute Gasteiger partial charge is 0.484 e. The molecule has 0 aromatic heterocycles. The SMILES string of the molecule is CCC(NC(=O)COc1ccc(CC#N)cc1)c1ccc(C)cc1. The number of nitrogens with zero attached hydrogens (tertiary/aromatic N) is 1. The van der Waals surface area contributed by atoms with E-state index in [4.69, 9.17) is 10.00 Å². The molecule has 1 unspecified atom stereocenters. The van der Waals surface area contributed by atoms with E-state index in [1.807, 2.05) is 50.2 Å². The standard InChI is InChI=1S/C20H22N2O2/c1-3-19(17-8-4-15(2)5-9-17)22-20(23)14-24-18-10-6-16(7-11-18)12-13-21/h4-11,19H,3,12,14H2,1-2H3,(H,22,23). The average molecular weight is 322 g/mol. The molecule has 1 amide bonds. The minimum Gasteiger partial charge on any atom is -0.484 e. The van der Waals surface area contributed by atoms with Crippen LogP contribution in [0.1, 0.15) is 36.1 Å². The molecule has 0 heterocycles. The van der Waals surface area contributed by atoms with E-state index in [-0.39, 0.29) is 18.6 Å². The summed E-state index contributed by atoms with van der Waals surface area (Å²) in [7, 11) is 0. The lowest BCUT2D eigenvalue weighted by atomic mass is 10.0. The first-order valence-electron chi connectivity index (χ1n) is 8.07. The maximum Gasteiger partial charge on any atom is 0.258 e. The maximum absolute atomic E-state index is 12.1. The van der Waals surface area contributed by atoms with Crippen molar-refractivity contribution in [3.8, 4) is 11.8 Å². The third kappa shape index (κ3) is 5.13. The molecule has 2 aromatic carbocycles. The molecule has 4 nitrogen and oxygen atoms in total. The monoisotopic (exact) mass is 322 g/mol. The van der Waals surface area contributed by atoms with Crippen molar-refractivity contribution in [3.05, 3.63) is 65.2 Å². The minimum absolute atomic E-state index is 0.0142. The Labute approximate surface area is 143 Å². The van der Waals surface area contributed by atoms with Crippen LogP contribution < -0.4 is 10.1 Å². The second-order valence-electron chi connectivity index (χ2n) is 5.71. The summed E-state index contributed by atoms with van der Waals surface area (Å²) in [5, 5.41) is 11.6. The van der Waals surface area contributed by atoms with Crippen molar-refractivity contribution in [3.63, 3.8) is 0 Å². The van der Waals surface area contributed by atoms with E-state index in [0.29, 0.717) is 12.2 Å². The lowest BCUT2D eigenvalue weighted by Crippen LogP contribution is -2.32. The molecule has 4 heteroatoms. The van der Waals surface area contributed by atoms with Crippen molar-refractivity contribution in [1.29, 1.82) is 5.26 Å². The van der Waals surface area contributed by atoms with Crippen LogP contribution in [0.2, 0.25) is 0 Å². The molecule has 0 saturated carbocycles. The predicted molar refractivity (Wildman–Crippen MR) is 93.6 cm³/mol. The normalized spacial score (nSPS) is 11.4. The number of benzene rings is 2. The van der Waals surface area contributed by atoms with Gasteiger partial charge in [0.15, 0.2) is 6.61 Å². The molecule has 0 aliphatic carbocycles. The van der Waals surface area contributed by atoms with E-state index in [9.17, 15) is 4.79 Å². The summed E-state index contributed by atoms with van der Waals surface area (Å²) in [4.78, 5) is 12.1. The van der Waals surface area contributed by atoms with Crippen molar-refractivity contribution in [2.24, 2.45) is 0 Å². The molecular formula is C20H22N2O2. The Bertz CT molecular complexity index is 700. The Morgan fingerprint density at radius 1 is 1.17 bits per heavy atom. The molecule has 1 N–H and O–H groups in total. The van der Waals surface area contributed by atoms with Gasteiger partial charge in [0, 0.05) is 0 Å². The smallest absolute Gasteiger partial charge is 0.258 e. The van der Waals surface area contributed by atoms with Gasteiger partial charge in [0.1, 0.15) is 5.75 Å². The second kappa shape index (κ2) is 8.73. The molecule has 0 aliphatic heterocycles. The number of ether oxygens (including phenoxy) is 1. The van der Waals surface area contributed by atoms with Crippen LogP contribution in [-0.4, -0.2) is 12.5 Å². The van der Waals surface area contributed by atoms with Gasteiger partial charge in [-0.15, -0.1) is 0 Å². The van der Waals surface area contributed by atoms with Gasteiger partial charge in [0.2, 0.25) is 0 Å². The first-order valence-corrected chi connectivity index (χ1v) is 8.07. The highest BCUT2D eigenvalue weighted by molar-refractivity contribution is 5.78. The fourth-order valence-corrected chi connectivity index (χ4v) is 2.40. The topological polar surface area (TPSA) is 62.1 Å². The number of aryl methyl sites for hydroxylation is 1. The van der Waals surface area contributed by atoms with Gasteiger partial charge in [-0.25, -0.2) is 0 Å². The van der Waals surface area contributed by atoms with Crippen LogP contribution in [0.15, 0.2) is 48.5 Å². The summed E-state index contributed by atoms with van der Waals surface area (Å²) in [5.41, 5.74) is 3.22. The molecule has 0 bridgehead atoms. The van der Waals surface area contributed by atoms with Crippen molar-refractivity contribution in [2.45, 2.75) is 32.7 Å². The number of nitriles is 1. The van der Waals surface area contributed by atoms with Crippen LogP contribution in [-0.2, 0) is 11.2 Å². The highest BCUT2D eigenvalue weighted by Crippen LogP contribution is 2.17. The van der Waals surface area contributed by atoms with Gasteiger partial charge in [-0.1, -0.05) is 48.9 Å². The molecular weight excluding hydrogens is 300 g/mol. The maximum atomic E-state index is 12.1. The molecule has 0 spiro atoms. The minimum atomic E-state index is -0.150. The summed E-state index contributed by atoms with van der Waals surface area (Å²) < 4.78 is 5.51. The van der Waals surface area contributed by atoms with Gasteiger partial charge in [-0.2, -0.15) is 5.26 Å². The quantitative estimate of drug-likeness (QED) is 0.845. The third-order valence-corrected chi connectivity index (χ3v) is 3.80. The van der Waals surface area contributed by atoms with Gasteiger partial charge in [-0.05, 0) is 36.6 Å². The fourth-order valence-electron chi connectivity index (χ4n) is 2.40. The van der Waals surface area contributed by atoms with Gasteiger partial charge in [-0.3, -0.25) is 4.79 Å². The van der Waals surface area contributed by atoms with Crippen molar-refractivity contribution < 1.29 is 9.53 Å². The van der Waals surface area contributed by atoms with Gasteiger partial charge in [0.05, 0.1) is 18.5 Å². The van der Waals surface area contributed by atoms with Crippen LogP contribution in [0.4, 0.5) is 0 Å². The summed E-state index contributed by atoms with van der Waals surface area (Å²) in [6, 6.07) is 17.5. The highest BCUT2D eigenvalue weighted by atomic mass is 16.5. The van der Waals surface area contributed by atoms with Gasteiger partial charge < -0.3 is 10.1 Å². The highest BCUT2D eigenvalue weighted by Gasteiger charge is 2.13. The van der Waals surface area contributed by atoms with Crippen molar-refractivity contribution in [1.82, 2.24) is 5.32 Å². The molecule has 124 valence electrons. The number of carbonyl (C=O) groups excluding carboxylic acids is 1. The van der Waals surface area contributed by atoms with E-state index >= 15 is 0 Å². The average Bonchev–Trinajstić information content (AvgIpc) is 2.60. The van der Waals surface area contributed by atoms with Gasteiger partial charge in [0.25, 0.3) is 5.91 Å². The predicted octanol–water partition coefficient (Wildman–Crippen LogP) is 3.71. The number of carbonyl (C=O) groups is 1. The molecule has 2 aromatic rings. The Kier molecular flexibility index (Phi) is 6.39. The lowest BCUT2D eigenvalue weighted by Gasteiger charge is -2.18. The van der Waals surface area contributed by atoms with Crippen LogP contribution >= 0.6 is 0 Å². The number of nitrogens with one attached hydrogen (secondary N) is 1. The van der Waals surface area contributed by atoms with E-state index in [0.717, 1.165) is 17.5 Å². The molecule has 2 rings (SSSR count). The Balaban J connectivity index is 1.87. The molecule has 0 fully saturated rings. The molecule has 0 aliphatic rings. The number of rotatable bonds is 7. The zero-order chi connectivity index (χ0) is 17.4.